The van der Waals surface area contributed by atoms with Gasteiger partial charge in [-0.15, -0.1) is 0 Å². The van der Waals surface area contributed by atoms with Gasteiger partial charge in [-0.3, -0.25) is 14.4 Å². The van der Waals surface area contributed by atoms with Crippen LogP contribution in [0.5, 0.6) is 0 Å². The van der Waals surface area contributed by atoms with Crippen molar-refractivity contribution in [3.05, 3.63) is 59.8 Å². The number of amides is 3. The van der Waals surface area contributed by atoms with Crippen molar-refractivity contribution in [1.29, 1.82) is 0 Å². The van der Waals surface area contributed by atoms with Gasteiger partial charge in [0.25, 0.3) is 5.91 Å². The fourth-order valence-electron chi connectivity index (χ4n) is 3.27. The minimum Gasteiger partial charge on any atom is -0.343 e. The van der Waals surface area contributed by atoms with Gasteiger partial charge >= 0.3 is 0 Å². The van der Waals surface area contributed by atoms with Gasteiger partial charge in [-0.25, -0.2) is 4.98 Å². The summed E-state index contributed by atoms with van der Waals surface area (Å²) in [4.78, 5) is 43.0. The summed E-state index contributed by atoms with van der Waals surface area (Å²) in [6.45, 7) is 2.71. The summed E-state index contributed by atoms with van der Waals surface area (Å²) in [5.41, 5.74) is 1.42. The first-order valence-electron chi connectivity index (χ1n) is 9.38. The highest BCUT2D eigenvalue weighted by molar-refractivity contribution is 5.97. The van der Waals surface area contributed by atoms with Crippen LogP contribution in [0.3, 0.4) is 0 Å². The SMILES string of the molecule is Cc1ccccc1C(=O)NCC(=O)N1CCCC(C(=O)Nc2ccccn2)C1. The zero-order valence-electron chi connectivity index (χ0n) is 15.9. The van der Waals surface area contributed by atoms with Gasteiger partial charge < -0.3 is 15.5 Å². The van der Waals surface area contributed by atoms with Gasteiger partial charge in [-0.2, -0.15) is 0 Å². The zero-order valence-corrected chi connectivity index (χ0v) is 15.9. The van der Waals surface area contributed by atoms with E-state index in [9.17, 15) is 14.4 Å². The van der Waals surface area contributed by atoms with Crippen molar-refractivity contribution >= 4 is 23.5 Å². The lowest BCUT2D eigenvalue weighted by Crippen LogP contribution is -2.47. The van der Waals surface area contributed by atoms with Crippen molar-refractivity contribution in [2.45, 2.75) is 19.8 Å². The Morgan fingerprint density at radius 1 is 1.14 bits per heavy atom. The molecule has 146 valence electrons. The van der Waals surface area contributed by atoms with E-state index >= 15 is 0 Å². The Morgan fingerprint density at radius 2 is 1.93 bits per heavy atom. The van der Waals surface area contributed by atoms with Crippen molar-refractivity contribution < 1.29 is 14.4 Å². The molecule has 1 unspecified atom stereocenters. The van der Waals surface area contributed by atoms with Crippen LogP contribution in [0, 0.1) is 12.8 Å². The van der Waals surface area contributed by atoms with E-state index in [0.29, 0.717) is 24.5 Å². The normalized spacial score (nSPS) is 16.3. The average molecular weight is 380 g/mol. The number of aryl methyl sites for hydroxylation is 1. The fourth-order valence-corrected chi connectivity index (χ4v) is 3.27. The first-order valence-corrected chi connectivity index (χ1v) is 9.38. The van der Waals surface area contributed by atoms with Crippen LogP contribution in [0.25, 0.3) is 0 Å². The number of hydrogen-bond donors (Lipinski definition) is 2. The van der Waals surface area contributed by atoms with Crippen molar-refractivity contribution in [3.63, 3.8) is 0 Å². The molecule has 1 fully saturated rings. The molecule has 1 saturated heterocycles. The van der Waals surface area contributed by atoms with Gasteiger partial charge in [0.15, 0.2) is 0 Å². The first-order chi connectivity index (χ1) is 13.5. The summed E-state index contributed by atoms with van der Waals surface area (Å²) < 4.78 is 0. The van der Waals surface area contributed by atoms with Gasteiger partial charge in [0.2, 0.25) is 11.8 Å². The number of anilines is 1. The lowest BCUT2D eigenvalue weighted by molar-refractivity contribution is -0.133. The van der Waals surface area contributed by atoms with Crippen LogP contribution >= 0.6 is 0 Å². The van der Waals surface area contributed by atoms with Crippen LogP contribution in [0.15, 0.2) is 48.7 Å². The molecule has 1 atom stereocenters. The predicted molar refractivity (Wildman–Crippen MR) is 106 cm³/mol. The maximum atomic E-state index is 12.5. The Hall–Kier alpha value is -3.22. The Morgan fingerprint density at radius 3 is 2.68 bits per heavy atom. The second-order valence-corrected chi connectivity index (χ2v) is 6.88. The predicted octanol–water partition coefficient (Wildman–Crippen LogP) is 2.00. The number of nitrogens with zero attached hydrogens (tertiary/aromatic N) is 2. The number of benzene rings is 1. The Bertz CT molecular complexity index is 854. The molecule has 1 aromatic carbocycles. The molecule has 0 bridgehead atoms. The lowest BCUT2D eigenvalue weighted by Gasteiger charge is -2.32. The van der Waals surface area contributed by atoms with Crippen molar-refractivity contribution in [2.75, 3.05) is 25.0 Å². The Balaban J connectivity index is 1.52. The van der Waals surface area contributed by atoms with Crippen LogP contribution in [0.2, 0.25) is 0 Å². The van der Waals surface area contributed by atoms with Crippen molar-refractivity contribution in [3.8, 4) is 0 Å². The smallest absolute Gasteiger partial charge is 0.251 e. The summed E-state index contributed by atoms with van der Waals surface area (Å²) in [7, 11) is 0. The van der Waals surface area contributed by atoms with E-state index in [-0.39, 0.29) is 30.2 Å². The number of likely N-dealkylation sites (tertiary alicyclic amines) is 1. The second-order valence-electron chi connectivity index (χ2n) is 6.88. The number of piperidine rings is 1. The van der Waals surface area contributed by atoms with E-state index in [4.69, 9.17) is 0 Å². The molecule has 0 radical (unpaired) electrons. The highest BCUT2D eigenvalue weighted by atomic mass is 16.2. The molecule has 3 amide bonds. The second kappa shape index (κ2) is 9.12. The topological polar surface area (TPSA) is 91.4 Å². The molecule has 3 rings (SSSR count). The third-order valence-corrected chi connectivity index (χ3v) is 4.85. The van der Waals surface area contributed by atoms with E-state index in [1.54, 1.807) is 41.4 Å². The quantitative estimate of drug-likeness (QED) is 0.830. The molecule has 28 heavy (non-hydrogen) atoms. The van der Waals surface area contributed by atoms with Gasteiger partial charge in [-0.05, 0) is 43.5 Å². The molecule has 2 heterocycles. The molecule has 0 saturated carbocycles. The lowest BCUT2D eigenvalue weighted by atomic mass is 9.97. The zero-order chi connectivity index (χ0) is 19.9. The van der Waals surface area contributed by atoms with E-state index in [2.05, 4.69) is 15.6 Å². The summed E-state index contributed by atoms with van der Waals surface area (Å²) in [6, 6.07) is 12.5. The number of hydrogen-bond acceptors (Lipinski definition) is 4. The Kier molecular flexibility index (Phi) is 6.37. The molecule has 2 aromatic rings. The van der Waals surface area contributed by atoms with Crippen LogP contribution in [0.1, 0.15) is 28.8 Å². The number of aromatic nitrogens is 1. The Labute approximate surface area is 164 Å². The molecule has 7 nitrogen and oxygen atoms in total. The van der Waals surface area contributed by atoms with Crippen molar-refractivity contribution in [2.24, 2.45) is 5.92 Å². The van der Waals surface area contributed by atoms with Gasteiger partial charge in [0, 0.05) is 24.8 Å². The number of rotatable bonds is 5. The molecule has 7 heteroatoms. The molecule has 1 aliphatic heterocycles. The number of carbonyl (C=O) groups is 3. The summed E-state index contributed by atoms with van der Waals surface area (Å²) in [6.07, 6.45) is 3.08. The molecule has 0 spiro atoms. The molecular formula is C21H24N4O3. The third kappa shape index (κ3) is 4.94. The highest BCUT2D eigenvalue weighted by Gasteiger charge is 2.28. The minimum absolute atomic E-state index is 0.0816. The number of carbonyl (C=O) groups excluding carboxylic acids is 3. The highest BCUT2D eigenvalue weighted by Crippen LogP contribution is 2.18. The minimum atomic E-state index is -0.285. The fraction of sp³-hybridized carbons (Fsp3) is 0.333. The molecule has 1 aliphatic rings. The molecule has 2 N–H and O–H groups in total. The molecule has 0 aliphatic carbocycles. The maximum absolute atomic E-state index is 12.5. The van der Waals surface area contributed by atoms with Gasteiger partial charge in [0.05, 0.1) is 12.5 Å². The molecular weight excluding hydrogens is 356 g/mol. The number of nitrogens with one attached hydrogen (secondary N) is 2. The summed E-state index contributed by atoms with van der Waals surface area (Å²) >= 11 is 0. The van der Waals surface area contributed by atoms with Crippen LogP contribution < -0.4 is 10.6 Å². The standard InChI is InChI=1S/C21H24N4O3/c1-15-7-2-3-9-17(15)21(28)23-13-19(26)25-12-6-8-16(14-25)20(27)24-18-10-4-5-11-22-18/h2-5,7,9-11,16H,6,8,12-14H2,1H3,(H,23,28)(H,22,24,27). The monoisotopic (exact) mass is 380 g/mol. The van der Waals surface area contributed by atoms with Gasteiger partial charge in [-0.1, -0.05) is 24.3 Å². The van der Waals surface area contributed by atoms with Crippen LogP contribution in [-0.4, -0.2) is 47.2 Å². The van der Waals surface area contributed by atoms with Gasteiger partial charge in [0.1, 0.15) is 5.82 Å². The van der Waals surface area contributed by atoms with E-state index in [0.717, 1.165) is 18.4 Å². The first kappa shape index (κ1) is 19.5. The summed E-state index contributed by atoms with van der Waals surface area (Å²) in [5.74, 6) is -0.376. The molecule has 1 aromatic heterocycles. The average Bonchev–Trinajstić information content (AvgIpc) is 2.73. The maximum Gasteiger partial charge on any atom is 0.251 e. The van der Waals surface area contributed by atoms with Crippen molar-refractivity contribution in [1.82, 2.24) is 15.2 Å². The number of pyridine rings is 1. The third-order valence-electron chi connectivity index (χ3n) is 4.85. The van der Waals surface area contributed by atoms with E-state index in [1.807, 2.05) is 19.1 Å². The van der Waals surface area contributed by atoms with E-state index < -0.39 is 0 Å². The van der Waals surface area contributed by atoms with Crippen LogP contribution in [0.4, 0.5) is 5.82 Å². The van der Waals surface area contributed by atoms with Crippen LogP contribution in [-0.2, 0) is 9.59 Å². The van der Waals surface area contributed by atoms with E-state index in [1.165, 1.54) is 0 Å². The summed E-state index contributed by atoms with van der Waals surface area (Å²) in [5, 5.41) is 5.47. The largest absolute Gasteiger partial charge is 0.343 e.